The lowest BCUT2D eigenvalue weighted by atomic mass is 10.1. The summed E-state index contributed by atoms with van der Waals surface area (Å²) in [7, 11) is 4.28. The zero-order chi connectivity index (χ0) is 13.1. The minimum atomic E-state index is 0.666. The summed E-state index contributed by atoms with van der Waals surface area (Å²) in [6, 6.07) is 6.84. The average molecular weight is 332 g/mol. The molecule has 1 atom stereocenters. The third kappa shape index (κ3) is 3.70. The van der Waals surface area contributed by atoms with Gasteiger partial charge in [-0.2, -0.15) is 0 Å². The number of likely N-dealkylation sites (tertiary alicyclic amines) is 1. The van der Waals surface area contributed by atoms with Gasteiger partial charge in [0.15, 0.2) is 0 Å². The Morgan fingerprint density at radius 3 is 2.89 bits per heavy atom. The predicted molar refractivity (Wildman–Crippen MR) is 81.1 cm³/mol. The highest BCUT2D eigenvalue weighted by molar-refractivity contribution is 9.10. The molecule has 1 aliphatic rings. The fraction of sp³-hybridized carbons (Fsp3) is 0.571. The van der Waals surface area contributed by atoms with Crippen molar-refractivity contribution in [2.75, 3.05) is 27.2 Å². The van der Waals surface area contributed by atoms with Gasteiger partial charge in [0.25, 0.3) is 0 Å². The van der Waals surface area contributed by atoms with E-state index in [1.807, 2.05) is 6.07 Å². The summed E-state index contributed by atoms with van der Waals surface area (Å²) in [6.45, 7) is 3.28. The largest absolute Gasteiger partial charge is 0.308 e. The van der Waals surface area contributed by atoms with Gasteiger partial charge in [-0.1, -0.05) is 33.6 Å². The summed E-state index contributed by atoms with van der Waals surface area (Å²) >= 11 is 9.74. The molecule has 1 aromatic rings. The Balaban J connectivity index is 2.03. The predicted octanol–water partition coefficient (Wildman–Crippen LogP) is 3.63. The Hall–Kier alpha value is -0.0900. The molecule has 2 rings (SSSR count). The zero-order valence-corrected chi connectivity index (χ0v) is 13.3. The SMILES string of the molecule is CN(C)CC1CCCN1Cc1ccc(Br)cc1Cl. The summed E-state index contributed by atoms with van der Waals surface area (Å²) in [4.78, 5) is 4.82. The molecule has 18 heavy (non-hydrogen) atoms. The van der Waals surface area contributed by atoms with E-state index in [0.29, 0.717) is 6.04 Å². The molecule has 4 heteroatoms. The van der Waals surface area contributed by atoms with E-state index in [0.717, 1.165) is 22.6 Å². The van der Waals surface area contributed by atoms with Gasteiger partial charge in [-0.25, -0.2) is 0 Å². The van der Waals surface area contributed by atoms with Gasteiger partial charge in [0.2, 0.25) is 0 Å². The first-order valence-electron chi connectivity index (χ1n) is 6.39. The Labute approximate surface area is 123 Å². The van der Waals surface area contributed by atoms with Crippen molar-refractivity contribution in [2.24, 2.45) is 0 Å². The van der Waals surface area contributed by atoms with Crippen molar-refractivity contribution >= 4 is 27.5 Å². The van der Waals surface area contributed by atoms with Crippen LogP contribution in [0.3, 0.4) is 0 Å². The van der Waals surface area contributed by atoms with Gasteiger partial charge in [-0.15, -0.1) is 0 Å². The number of nitrogens with zero attached hydrogens (tertiary/aromatic N) is 2. The van der Waals surface area contributed by atoms with E-state index < -0.39 is 0 Å². The number of likely N-dealkylation sites (N-methyl/N-ethyl adjacent to an activating group) is 1. The van der Waals surface area contributed by atoms with Crippen LogP contribution in [0.15, 0.2) is 22.7 Å². The third-order valence-electron chi connectivity index (χ3n) is 3.46. The summed E-state index contributed by atoms with van der Waals surface area (Å²) < 4.78 is 1.04. The molecule has 0 aliphatic carbocycles. The summed E-state index contributed by atoms with van der Waals surface area (Å²) in [5.41, 5.74) is 1.23. The van der Waals surface area contributed by atoms with Gasteiger partial charge >= 0.3 is 0 Å². The molecule has 1 saturated heterocycles. The van der Waals surface area contributed by atoms with Crippen molar-refractivity contribution in [3.8, 4) is 0 Å². The molecule has 0 saturated carbocycles. The highest BCUT2D eigenvalue weighted by Crippen LogP contribution is 2.26. The topological polar surface area (TPSA) is 6.48 Å². The lowest BCUT2D eigenvalue weighted by Crippen LogP contribution is -2.37. The normalized spacial score (nSPS) is 20.8. The van der Waals surface area contributed by atoms with E-state index in [9.17, 15) is 0 Å². The van der Waals surface area contributed by atoms with Crippen molar-refractivity contribution in [3.05, 3.63) is 33.3 Å². The Kier molecular flexibility index (Phi) is 5.07. The maximum absolute atomic E-state index is 6.29. The van der Waals surface area contributed by atoms with E-state index in [1.54, 1.807) is 0 Å². The molecule has 100 valence electrons. The second-order valence-corrected chi connectivity index (χ2v) is 6.59. The van der Waals surface area contributed by atoms with Crippen molar-refractivity contribution in [3.63, 3.8) is 0 Å². The number of benzene rings is 1. The fourth-order valence-corrected chi connectivity index (χ4v) is 3.33. The lowest BCUT2D eigenvalue weighted by molar-refractivity contribution is 0.201. The molecular weight excluding hydrogens is 312 g/mol. The molecule has 0 radical (unpaired) electrons. The molecule has 1 heterocycles. The molecule has 0 spiro atoms. The molecular formula is C14H20BrClN2. The summed E-state index contributed by atoms with van der Waals surface area (Å²) in [6.07, 6.45) is 2.60. The second kappa shape index (κ2) is 6.38. The smallest absolute Gasteiger partial charge is 0.0462 e. The van der Waals surface area contributed by atoms with Gasteiger partial charge in [-0.3, -0.25) is 4.90 Å². The standard InChI is InChI=1S/C14H20BrClN2/c1-17(2)10-13-4-3-7-18(13)9-11-5-6-12(15)8-14(11)16/h5-6,8,13H,3-4,7,9-10H2,1-2H3. The van der Waals surface area contributed by atoms with Gasteiger partial charge < -0.3 is 4.90 Å². The van der Waals surface area contributed by atoms with E-state index >= 15 is 0 Å². The zero-order valence-electron chi connectivity index (χ0n) is 11.0. The number of rotatable bonds is 4. The van der Waals surface area contributed by atoms with Crippen molar-refractivity contribution in [2.45, 2.75) is 25.4 Å². The van der Waals surface area contributed by atoms with Crippen molar-refractivity contribution in [1.82, 2.24) is 9.80 Å². The first-order chi connectivity index (χ1) is 8.56. The number of hydrogen-bond donors (Lipinski definition) is 0. The molecule has 1 aliphatic heterocycles. The van der Waals surface area contributed by atoms with Crippen LogP contribution in [0.2, 0.25) is 5.02 Å². The van der Waals surface area contributed by atoms with Gasteiger partial charge in [0.1, 0.15) is 0 Å². The number of halogens is 2. The first-order valence-corrected chi connectivity index (χ1v) is 7.56. The fourth-order valence-electron chi connectivity index (χ4n) is 2.60. The van der Waals surface area contributed by atoms with E-state index in [1.165, 1.54) is 24.9 Å². The molecule has 1 fully saturated rings. The Bertz CT molecular complexity index is 409. The van der Waals surface area contributed by atoms with E-state index in [2.05, 4.69) is 52.0 Å². The molecule has 1 aromatic carbocycles. The van der Waals surface area contributed by atoms with Gasteiger partial charge in [0, 0.05) is 28.6 Å². The van der Waals surface area contributed by atoms with Crippen LogP contribution < -0.4 is 0 Å². The van der Waals surface area contributed by atoms with Gasteiger partial charge in [-0.05, 0) is 51.2 Å². The molecule has 0 aromatic heterocycles. The van der Waals surface area contributed by atoms with Crippen LogP contribution >= 0.6 is 27.5 Å². The Morgan fingerprint density at radius 1 is 1.44 bits per heavy atom. The van der Waals surface area contributed by atoms with Gasteiger partial charge in [0.05, 0.1) is 0 Å². The third-order valence-corrected chi connectivity index (χ3v) is 4.31. The summed E-state index contributed by atoms with van der Waals surface area (Å²) in [5, 5.41) is 0.861. The van der Waals surface area contributed by atoms with Crippen LogP contribution in [-0.4, -0.2) is 43.0 Å². The monoisotopic (exact) mass is 330 g/mol. The Morgan fingerprint density at radius 2 is 2.22 bits per heavy atom. The summed E-state index contributed by atoms with van der Waals surface area (Å²) in [5.74, 6) is 0. The second-order valence-electron chi connectivity index (χ2n) is 5.26. The average Bonchev–Trinajstić information content (AvgIpc) is 2.69. The van der Waals surface area contributed by atoms with Crippen LogP contribution in [0.25, 0.3) is 0 Å². The lowest BCUT2D eigenvalue weighted by Gasteiger charge is -2.27. The first kappa shape index (κ1) is 14.3. The van der Waals surface area contributed by atoms with Crippen molar-refractivity contribution in [1.29, 1.82) is 0 Å². The molecule has 0 amide bonds. The molecule has 0 N–H and O–H groups in total. The minimum Gasteiger partial charge on any atom is -0.308 e. The van der Waals surface area contributed by atoms with Crippen LogP contribution in [0, 0.1) is 0 Å². The van der Waals surface area contributed by atoms with Crippen LogP contribution in [-0.2, 0) is 6.54 Å². The van der Waals surface area contributed by atoms with Crippen LogP contribution in [0.1, 0.15) is 18.4 Å². The maximum atomic E-state index is 6.29. The van der Waals surface area contributed by atoms with Crippen LogP contribution in [0.5, 0.6) is 0 Å². The van der Waals surface area contributed by atoms with E-state index in [-0.39, 0.29) is 0 Å². The molecule has 1 unspecified atom stereocenters. The van der Waals surface area contributed by atoms with Crippen LogP contribution in [0.4, 0.5) is 0 Å². The molecule has 0 bridgehead atoms. The highest BCUT2D eigenvalue weighted by atomic mass is 79.9. The molecule has 2 nitrogen and oxygen atoms in total. The highest BCUT2D eigenvalue weighted by Gasteiger charge is 2.25. The minimum absolute atomic E-state index is 0.666. The number of hydrogen-bond acceptors (Lipinski definition) is 2. The van der Waals surface area contributed by atoms with Crippen molar-refractivity contribution < 1.29 is 0 Å². The maximum Gasteiger partial charge on any atom is 0.0462 e. The quantitative estimate of drug-likeness (QED) is 0.831. The van der Waals surface area contributed by atoms with E-state index in [4.69, 9.17) is 11.6 Å².